The number of aryl methyl sites for hydroxylation is 1. The van der Waals surface area contributed by atoms with E-state index in [1.165, 1.54) is 12.8 Å². The zero-order valence-electron chi connectivity index (χ0n) is 11.0. The minimum Gasteiger partial charge on any atom is -0.347 e. The van der Waals surface area contributed by atoms with E-state index in [1.54, 1.807) is 18.0 Å². The first kappa shape index (κ1) is 13.4. The molecule has 1 aliphatic carbocycles. The molecule has 0 radical (unpaired) electrons. The summed E-state index contributed by atoms with van der Waals surface area (Å²) < 4.78 is 0. The van der Waals surface area contributed by atoms with E-state index >= 15 is 0 Å². The number of hydrogen-bond donors (Lipinski definition) is 1. The number of amides is 1. The number of nitrogens with one attached hydrogen (secondary N) is 1. The predicted molar refractivity (Wildman–Crippen MR) is 75.6 cm³/mol. The fourth-order valence-electron chi connectivity index (χ4n) is 1.91. The minimum absolute atomic E-state index is 0.0137. The van der Waals surface area contributed by atoms with Crippen LogP contribution in [0.5, 0.6) is 0 Å². The zero-order chi connectivity index (χ0) is 13.0. The maximum Gasteiger partial charge on any atom is 0.230 e. The summed E-state index contributed by atoms with van der Waals surface area (Å²) in [6.45, 7) is 4.01. The SMILES string of the molecule is Cc1cccnc1C(C)NC(=O)CSCC1CC1. The third-order valence-electron chi connectivity index (χ3n) is 3.12. The molecular weight excluding hydrogens is 244 g/mol. The first-order chi connectivity index (χ1) is 8.66. The maximum absolute atomic E-state index is 11.8. The van der Waals surface area contributed by atoms with Gasteiger partial charge in [0, 0.05) is 6.20 Å². The Kier molecular flexibility index (Phi) is 4.64. The van der Waals surface area contributed by atoms with Gasteiger partial charge in [0.2, 0.25) is 5.91 Å². The third-order valence-corrected chi connectivity index (χ3v) is 4.29. The molecule has 18 heavy (non-hydrogen) atoms. The molecule has 1 heterocycles. The molecule has 1 fully saturated rings. The maximum atomic E-state index is 11.8. The summed E-state index contributed by atoms with van der Waals surface area (Å²) in [6, 6.07) is 3.92. The number of aromatic nitrogens is 1. The van der Waals surface area contributed by atoms with Crippen molar-refractivity contribution in [1.29, 1.82) is 0 Å². The summed E-state index contributed by atoms with van der Waals surface area (Å²) in [7, 11) is 0. The quantitative estimate of drug-likeness (QED) is 0.859. The summed E-state index contributed by atoms with van der Waals surface area (Å²) in [4.78, 5) is 16.1. The second-order valence-corrected chi connectivity index (χ2v) is 5.98. The molecule has 1 atom stereocenters. The van der Waals surface area contributed by atoms with Crippen LogP contribution in [0, 0.1) is 12.8 Å². The van der Waals surface area contributed by atoms with Crippen molar-refractivity contribution in [2.45, 2.75) is 32.7 Å². The van der Waals surface area contributed by atoms with E-state index in [0.29, 0.717) is 5.75 Å². The van der Waals surface area contributed by atoms with Crippen LogP contribution in [0.4, 0.5) is 0 Å². The molecule has 4 heteroatoms. The number of hydrogen-bond acceptors (Lipinski definition) is 3. The van der Waals surface area contributed by atoms with Crippen LogP contribution < -0.4 is 5.32 Å². The van der Waals surface area contributed by atoms with Crippen molar-refractivity contribution in [3.05, 3.63) is 29.6 Å². The van der Waals surface area contributed by atoms with Crippen LogP contribution in [0.15, 0.2) is 18.3 Å². The lowest BCUT2D eigenvalue weighted by Crippen LogP contribution is -2.29. The Labute approximate surface area is 113 Å². The Hall–Kier alpha value is -1.03. The van der Waals surface area contributed by atoms with E-state index in [-0.39, 0.29) is 11.9 Å². The molecule has 2 rings (SSSR count). The molecule has 1 aromatic heterocycles. The number of rotatable bonds is 6. The van der Waals surface area contributed by atoms with Gasteiger partial charge in [0.05, 0.1) is 17.5 Å². The zero-order valence-corrected chi connectivity index (χ0v) is 11.8. The van der Waals surface area contributed by atoms with E-state index in [0.717, 1.165) is 22.9 Å². The Balaban J connectivity index is 1.77. The van der Waals surface area contributed by atoms with Crippen LogP contribution in [0.3, 0.4) is 0 Å². The molecule has 3 nitrogen and oxygen atoms in total. The highest BCUT2D eigenvalue weighted by molar-refractivity contribution is 7.99. The van der Waals surface area contributed by atoms with Crippen molar-refractivity contribution in [2.24, 2.45) is 5.92 Å². The lowest BCUT2D eigenvalue weighted by Gasteiger charge is -2.15. The lowest BCUT2D eigenvalue weighted by atomic mass is 10.1. The van der Waals surface area contributed by atoms with E-state index in [2.05, 4.69) is 10.3 Å². The van der Waals surface area contributed by atoms with Crippen LogP contribution >= 0.6 is 11.8 Å². The van der Waals surface area contributed by atoms with Gasteiger partial charge in [0.1, 0.15) is 0 Å². The molecule has 1 N–H and O–H groups in total. The topological polar surface area (TPSA) is 42.0 Å². The highest BCUT2D eigenvalue weighted by atomic mass is 32.2. The average molecular weight is 264 g/mol. The van der Waals surface area contributed by atoms with E-state index < -0.39 is 0 Å². The molecule has 0 bridgehead atoms. The Morgan fingerprint density at radius 2 is 2.39 bits per heavy atom. The fourth-order valence-corrected chi connectivity index (χ4v) is 2.96. The molecule has 0 aromatic carbocycles. The molecule has 1 aromatic rings. The van der Waals surface area contributed by atoms with Gasteiger partial charge < -0.3 is 5.32 Å². The second-order valence-electron chi connectivity index (χ2n) is 4.95. The van der Waals surface area contributed by atoms with Gasteiger partial charge in [0.25, 0.3) is 0 Å². The molecule has 1 aliphatic rings. The standard InChI is InChI=1S/C14H20N2OS/c1-10-4-3-7-15-14(10)11(2)16-13(17)9-18-8-12-5-6-12/h3-4,7,11-12H,5-6,8-9H2,1-2H3,(H,16,17). The van der Waals surface area contributed by atoms with Crippen LogP contribution in [0.1, 0.15) is 37.1 Å². The summed E-state index contributed by atoms with van der Waals surface area (Å²) >= 11 is 1.74. The van der Waals surface area contributed by atoms with Gasteiger partial charge in [-0.3, -0.25) is 9.78 Å². The van der Waals surface area contributed by atoms with Gasteiger partial charge in [-0.2, -0.15) is 11.8 Å². The number of carbonyl (C=O) groups excluding carboxylic acids is 1. The molecule has 0 saturated heterocycles. The Morgan fingerprint density at radius 3 is 3.06 bits per heavy atom. The van der Waals surface area contributed by atoms with Gasteiger partial charge >= 0.3 is 0 Å². The number of thioether (sulfide) groups is 1. The molecule has 98 valence electrons. The second kappa shape index (κ2) is 6.23. The van der Waals surface area contributed by atoms with Crippen molar-refractivity contribution in [1.82, 2.24) is 10.3 Å². The molecule has 1 amide bonds. The number of carbonyl (C=O) groups is 1. The van der Waals surface area contributed by atoms with Crippen molar-refractivity contribution in [2.75, 3.05) is 11.5 Å². The van der Waals surface area contributed by atoms with Crippen molar-refractivity contribution in [3.63, 3.8) is 0 Å². The smallest absolute Gasteiger partial charge is 0.230 e. The summed E-state index contributed by atoms with van der Waals surface area (Å²) in [5.41, 5.74) is 2.08. The van der Waals surface area contributed by atoms with Crippen LogP contribution in [-0.4, -0.2) is 22.4 Å². The van der Waals surface area contributed by atoms with E-state index in [4.69, 9.17) is 0 Å². The highest BCUT2D eigenvalue weighted by Gasteiger charge is 2.21. The molecule has 0 spiro atoms. The van der Waals surface area contributed by atoms with Crippen molar-refractivity contribution >= 4 is 17.7 Å². The summed E-state index contributed by atoms with van der Waals surface area (Å²) in [5, 5.41) is 3.01. The fraction of sp³-hybridized carbons (Fsp3) is 0.571. The van der Waals surface area contributed by atoms with E-state index in [1.807, 2.05) is 26.0 Å². The van der Waals surface area contributed by atoms with Crippen molar-refractivity contribution < 1.29 is 4.79 Å². The molecule has 1 saturated carbocycles. The first-order valence-corrected chi connectivity index (χ1v) is 7.61. The van der Waals surface area contributed by atoms with Crippen LogP contribution in [-0.2, 0) is 4.79 Å². The van der Waals surface area contributed by atoms with Crippen LogP contribution in [0.2, 0.25) is 0 Å². The Bertz CT molecular complexity index is 418. The lowest BCUT2D eigenvalue weighted by molar-refractivity contribution is -0.119. The van der Waals surface area contributed by atoms with Gasteiger partial charge in [-0.25, -0.2) is 0 Å². The number of pyridine rings is 1. The first-order valence-electron chi connectivity index (χ1n) is 6.45. The largest absolute Gasteiger partial charge is 0.347 e. The van der Waals surface area contributed by atoms with Gasteiger partial charge in [-0.05, 0) is 50.0 Å². The van der Waals surface area contributed by atoms with Gasteiger partial charge in [0.15, 0.2) is 0 Å². The average Bonchev–Trinajstić information content (AvgIpc) is 3.13. The summed E-state index contributed by atoms with van der Waals surface area (Å²) in [5.74, 6) is 2.67. The summed E-state index contributed by atoms with van der Waals surface area (Å²) in [6.07, 6.45) is 4.46. The van der Waals surface area contributed by atoms with Crippen molar-refractivity contribution in [3.8, 4) is 0 Å². The molecule has 1 unspecified atom stereocenters. The predicted octanol–water partition coefficient (Wildman–Crippen LogP) is 2.71. The van der Waals surface area contributed by atoms with Gasteiger partial charge in [-0.1, -0.05) is 6.07 Å². The van der Waals surface area contributed by atoms with E-state index in [9.17, 15) is 4.79 Å². The third kappa shape index (κ3) is 4.02. The molecule has 0 aliphatic heterocycles. The highest BCUT2D eigenvalue weighted by Crippen LogP contribution is 2.32. The Morgan fingerprint density at radius 1 is 1.61 bits per heavy atom. The normalized spacial score (nSPS) is 16.3. The van der Waals surface area contributed by atoms with Gasteiger partial charge in [-0.15, -0.1) is 0 Å². The minimum atomic E-state index is -0.0137. The van der Waals surface area contributed by atoms with Crippen LogP contribution in [0.25, 0.3) is 0 Å². The monoisotopic (exact) mass is 264 g/mol. The number of nitrogens with zero attached hydrogens (tertiary/aromatic N) is 1. The molecular formula is C14H20N2OS.